The molecule has 2 aromatic rings. The van der Waals surface area contributed by atoms with Crippen LogP contribution in [-0.4, -0.2) is 40.1 Å². The average molecular weight is 385 g/mol. The molecule has 0 aliphatic carbocycles. The summed E-state index contributed by atoms with van der Waals surface area (Å²) in [5.41, 5.74) is 3.74. The second-order valence-electron chi connectivity index (χ2n) is 8.42. The van der Waals surface area contributed by atoms with Crippen molar-refractivity contribution in [3.05, 3.63) is 57.0 Å². The molecule has 1 amide bonds. The number of carbonyl (C=O) groups excluding carboxylic acids is 1. The van der Waals surface area contributed by atoms with Crippen LogP contribution >= 0.6 is 0 Å². The van der Waals surface area contributed by atoms with E-state index in [-0.39, 0.29) is 23.9 Å². The quantitative estimate of drug-likeness (QED) is 0.686. The van der Waals surface area contributed by atoms with Crippen molar-refractivity contribution in [2.75, 3.05) is 13.1 Å². The molecule has 0 radical (unpaired) electrons. The molecule has 2 heterocycles. The van der Waals surface area contributed by atoms with Crippen molar-refractivity contribution in [1.82, 2.24) is 20.4 Å². The van der Waals surface area contributed by atoms with Crippen LogP contribution in [0.4, 0.5) is 0 Å². The minimum Gasteiger partial charge on any atom is -0.352 e. The summed E-state index contributed by atoms with van der Waals surface area (Å²) in [7, 11) is 0. The lowest BCUT2D eigenvalue weighted by Crippen LogP contribution is -2.47. The third-order valence-corrected chi connectivity index (χ3v) is 5.37. The Balaban J connectivity index is 1.51. The van der Waals surface area contributed by atoms with E-state index in [1.807, 2.05) is 0 Å². The molecule has 0 saturated carbocycles. The maximum atomic E-state index is 12.4. The predicted octanol–water partition coefficient (Wildman–Crippen LogP) is 2.53. The zero-order valence-corrected chi connectivity index (χ0v) is 17.2. The number of H-pyrrole nitrogens is 2. The molecule has 0 bridgehead atoms. The average Bonchev–Trinajstić information content (AvgIpc) is 2.95. The van der Waals surface area contributed by atoms with Crippen molar-refractivity contribution in [2.45, 2.75) is 59.0 Å². The van der Waals surface area contributed by atoms with E-state index in [2.05, 4.69) is 58.5 Å². The molecule has 28 heavy (non-hydrogen) atoms. The van der Waals surface area contributed by atoms with Gasteiger partial charge in [0.1, 0.15) is 0 Å². The summed E-state index contributed by atoms with van der Waals surface area (Å²) in [6.07, 6.45) is 3.29. The number of rotatable bonds is 7. The van der Waals surface area contributed by atoms with Gasteiger partial charge in [-0.05, 0) is 49.8 Å². The normalized spacial score (nSPS) is 17.8. The molecule has 6 nitrogen and oxygen atoms in total. The van der Waals surface area contributed by atoms with Gasteiger partial charge < -0.3 is 10.4 Å². The highest BCUT2D eigenvalue weighted by molar-refractivity contribution is 5.79. The topological polar surface area (TPSA) is 81.0 Å². The molecule has 1 aliphatic rings. The van der Waals surface area contributed by atoms with Crippen LogP contribution in [0.2, 0.25) is 0 Å². The van der Waals surface area contributed by atoms with Crippen molar-refractivity contribution in [2.24, 2.45) is 5.92 Å². The van der Waals surface area contributed by atoms with Gasteiger partial charge in [0.15, 0.2) is 0 Å². The minimum atomic E-state index is -0.209. The first-order valence-corrected chi connectivity index (χ1v) is 10.3. The van der Waals surface area contributed by atoms with Crippen LogP contribution in [0.3, 0.4) is 0 Å². The van der Waals surface area contributed by atoms with Crippen molar-refractivity contribution in [1.29, 1.82) is 0 Å². The number of benzene rings is 1. The number of amides is 1. The van der Waals surface area contributed by atoms with E-state index in [0.29, 0.717) is 11.5 Å². The Bertz CT molecular complexity index is 835. The molecule has 3 rings (SSSR count). The third-order valence-electron chi connectivity index (χ3n) is 5.37. The predicted molar refractivity (Wildman–Crippen MR) is 111 cm³/mol. The zero-order chi connectivity index (χ0) is 20.1. The fraction of sp³-hybridized carbons (Fsp3) is 0.545. The molecule has 1 atom stereocenters. The van der Waals surface area contributed by atoms with E-state index < -0.39 is 0 Å². The number of aromatic nitrogens is 2. The summed E-state index contributed by atoms with van der Waals surface area (Å²) in [6.45, 7) is 9.09. The molecule has 0 unspecified atom stereocenters. The molecule has 1 aliphatic heterocycles. The third kappa shape index (κ3) is 5.58. The molecule has 1 saturated heterocycles. The van der Waals surface area contributed by atoms with Crippen LogP contribution in [0.25, 0.3) is 0 Å². The SMILES string of the molecule is Cc1[nH][nH]c(=O)c1CC(=O)N[C@H]1CCCN(Cc2ccc(CC(C)C)cc2)C1. The molecular weight excluding hydrogens is 352 g/mol. The highest BCUT2D eigenvalue weighted by Gasteiger charge is 2.22. The van der Waals surface area contributed by atoms with E-state index in [9.17, 15) is 9.59 Å². The van der Waals surface area contributed by atoms with Crippen molar-refractivity contribution in [3.8, 4) is 0 Å². The molecular formula is C22H32N4O2. The van der Waals surface area contributed by atoms with Crippen molar-refractivity contribution in [3.63, 3.8) is 0 Å². The van der Waals surface area contributed by atoms with Crippen LogP contribution in [0.1, 0.15) is 49.1 Å². The van der Waals surface area contributed by atoms with E-state index in [0.717, 1.165) is 44.6 Å². The zero-order valence-electron chi connectivity index (χ0n) is 17.2. The van der Waals surface area contributed by atoms with Gasteiger partial charge in [-0.3, -0.25) is 19.6 Å². The number of aryl methyl sites for hydroxylation is 1. The number of likely N-dealkylation sites (tertiary alicyclic amines) is 1. The van der Waals surface area contributed by atoms with Gasteiger partial charge in [-0.2, -0.15) is 0 Å². The maximum absolute atomic E-state index is 12.4. The lowest BCUT2D eigenvalue weighted by Gasteiger charge is -2.33. The number of hydrogen-bond acceptors (Lipinski definition) is 3. The summed E-state index contributed by atoms with van der Waals surface area (Å²) in [4.78, 5) is 26.5. The number of nitrogens with one attached hydrogen (secondary N) is 3. The minimum absolute atomic E-state index is 0.0851. The van der Waals surface area contributed by atoms with Crippen LogP contribution in [0, 0.1) is 12.8 Å². The van der Waals surface area contributed by atoms with Gasteiger partial charge in [0.2, 0.25) is 5.91 Å². The van der Waals surface area contributed by atoms with Gasteiger partial charge in [0, 0.05) is 30.4 Å². The van der Waals surface area contributed by atoms with Crippen molar-refractivity contribution < 1.29 is 4.79 Å². The standard InChI is InChI=1S/C22H32N4O2/c1-15(2)11-17-6-8-18(9-7-17)13-26-10-4-5-19(14-26)23-21(27)12-20-16(3)24-25-22(20)28/h6-9,15,19H,4-5,10-14H2,1-3H3,(H,23,27)(H2,24,25,28)/t19-/m0/s1. The summed E-state index contributed by atoms with van der Waals surface area (Å²) < 4.78 is 0. The van der Waals surface area contributed by atoms with E-state index in [1.165, 1.54) is 11.1 Å². The van der Waals surface area contributed by atoms with Gasteiger partial charge in [-0.1, -0.05) is 38.1 Å². The highest BCUT2D eigenvalue weighted by Crippen LogP contribution is 2.16. The van der Waals surface area contributed by atoms with Crippen LogP contribution in [0.15, 0.2) is 29.1 Å². The maximum Gasteiger partial charge on any atom is 0.267 e. The van der Waals surface area contributed by atoms with E-state index in [1.54, 1.807) is 6.92 Å². The van der Waals surface area contributed by atoms with E-state index in [4.69, 9.17) is 0 Å². The molecule has 1 aromatic heterocycles. The van der Waals surface area contributed by atoms with Gasteiger partial charge in [-0.25, -0.2) is 0 Å². The Hall–Kier alpha value is -2.34. The first kappa shape index (κ1) is 20.4. The molecule has 6 heteroatoms. The Labute approximate surface area is 166 Å². The number of piperidine rings is 1. The first-order valence-electron chi connectivity index (χ1n) is 10.3. The highest BCUT2D eigenvalue weighted by atomic mass is 16.2. The first-order chi connectivity index (χ1) is 13.4. The van der Waals surface area contributed by atoms with Gasteiger partial charge >= 0.3 is 0 Å². The Morgan fingerprint density at radius 1 is 1.21 bits per heavy atom. The summed E-state index contributed by atoms with van der Waals surface area (Å²) in [6, 6.07) is 9.05. The number of aromatic amines is 2. The van der Waals surface area contributed by atoms with Gasteiger partial charge in [-0.15, -0.1) is 0 Å². The summed E-state index contributed by atoms with van der Waals surface area (Å²) in [5, 5.41) is 8.41. The largest absolute Gasteiger partial charge is 0.352 e. The molecule has 152 valence electrons. The summed E-state index contributed by atoms with van der Waals surface area (Å²) >= 11 is 0. The molecule has 0 spiro atoms. The fourth-order valence-corrected chi connectivity index (χ4v) is 3.95. The Kier molecular flexibility index (Phi) is 6.73. The number of hydrogen-bond donors (Lipinski definition) is 3. The van der Waals surface area contributed by atoms with Crippen LogP contribution in [0.5, 0.6) is 0 Å². The Morgan fingerprint density at radius 3 is 2.57 bits per heavy atom. The molecule has 1 fully saturated rings. The molecule has 3 N–H and O–H groups in total. The van der Waals surface area contributed by atoms with Crippen LogP contribution < -0.4 is 10.9 Å². The smallest absolute Gasteiger partial charge is 0.267 e. The monoisotopic (exact) mass is 384 g/mol. The number of carbonyl (C=O) groups is 1. The number of nitrogens with zero attached hydrogens (tertiary/aromatic N) is 1. The Morgan fingerprint density at radius 2 is 1.93 bits per heavy atom. The fourth-order valence-electron chi connectivity index (χ4n) is 3.95. The van der Waals surface area contributed by atoms with E-state index >= 15 is 0 Å². The molecule has 1 aromatic carbocycles. The van der Waals surface area contributed by atoms with Gasteiger partial charge in [0.25, 0.3) is 5.56 Å². The second-order valence-corrected chi connectivity index (χ2v) is 8.42. The second kappa shape index (κ2) is 9.24. The van der Waals surface area contributed by atoms with Gasteiger partial charge in [0.05, 0.1) is 6.42 Å². The van der Waals surface area contributed by atoms with Crippen molar-refractivity contribution >= 4 is 5.91 Å². The summed E-state index contributed by atoms with van der Waals surface area (Å²) in [5.74, 6) is 0.584. The lowest BCUT2D eigenvalue weighted by atomic mass is 10.0. The van der Waals surface area contributed by atoms with Crippen LogP contribution in [-0.2, 0) is 24.2 Å². The lowest BCUT2D eigenvalue weighted by molar-refractivity contribution is -0.121.